The molecule has 0 aromatic rings. The van der Waals surface area contributed by atoms with E-state index in [4.69, 9.17) is 4.74 Å². The molecule has 2 atom stereocenters. The number of carbonyl (C=O) groups is 1. The number of hydrogen-bond donors (Lipinski definition) is 1. The minimum Gasteiger partial charge on any atom is -0.459 e. The van der Waals surface area contributed by atoms with Crippen LogP contribution >= 0.6 is 0 Å². The van der Waals surface area contributed by atoms with E-state index in [1.807, 2.05) is 6.92 Å². The van der Waals surface area contributed by atoms with Crippen LogP contribution in [0.15, 0.2) is 0 Å². The van der Waals surface area contributed by atoms with E-state index < -0.39 is 29.3 Å². The molecule has 0 saturated heterocycles. The molecule has 1 aliphatic carbocycles. The van der Waals surface area contributed by atoms with Crippen molar-refractivity contribution in [2.45, 2.75) is 83.6 Å². The molecule has 21 heavy (non-hydrogen) atoms. The molecular weight excluding hydrogens is 285 g/mol. The first kappa shape index (κ1) is 18.3. The van der Waals surface area contributed by atoms with E-state index in [0.29, 0.717) is 19.3 Å². The summed E-state index contributed by atoms with van der Waals surface area (Å²) in [7, 11) is 0. The summed E-state index contributed by atoms with van der Waals surface area (Å²) in [6.45, 7) is 4.46. The largest absolute Gasteiger partial charge is 0.459 e. The van der Waals surface area contributed by atoms with Crippen LogP contribution in [0.3, 0.4) is 0 Å². The van der Waals surface area contributed by atoms with Crippen molar-refractivity contribution < 1.29 is 27.8 Å². The van der Waals surface area contributed by atoms with Crippen LogP contribution in [0.1, 0.15) is 65.7 Å². The number of aliphatic hydroxyl groups excluding tert-OH is 1. The molecule has 0 radical (unpaired) electrons. The quantitative estimate of drug-likeness (QED) is 0.781. The van der Waals surface area contributed by atoms with Crippen molar-refractivity contribution in [1.29, 1.82) is 0 Å². The zero-order chi connectivity index (χ0) is 16.3. The van der Waals surface area contributed by atoms with Gasteiger partial charge in [-0.1, -0.05) is 20.3 Å². The molecule has 1 fully saturated rings. The minimum absolute atomic E-state index is 0.133. The van der Waals surface area contributed by atoms with Crippen molar-refractivity contribution in [3.63, 3.8) is 0 Å². The van der Waals surface area contributed by atoms with E-state index in [-0.39, 0.29) is 6.42 Å². The van der Waals surface area contributed by atoms with Crippen molar-refractivity contribution in [2.75, 3.05) is 0 Å². The molecule has 2 unspecified atom stereocenters. The van der Waals surface area contributed by atoms with Gasteiger partial charge in [0.2, 0.25) is 0 Å². The molecular formula is C15H25F3O3. The smallest absolute Gasteiger partial charge is 0.415 e. The van der Waals surface area contributed by atoms with E-state index in [2.05, 4.69) is 0 Å². The van der Waals surface area contributed by atoms with Gasteiger partial charge in [-0.25, -0.2) is 0 Å². The lowest BCUT2D eigenvalue weighted by molar-refractivity contribution is -0.246. The summed E-state index contributed by atoms with van der Waals surface area (Å²) in [6.07, 6.45) is -2.87. The van der Waals surface area contributed by atoms with Gasteiger partial charge in [0.15, 0.2) is 6.10 Å². The van der Waals surface area contributed by atoms with Gasteiger partial charge in [0.25, 0.3) is 0 Å². The Hall–Kier alpha value is -0.780. The first-order valence-electron chi connectivity index (χ1n) is 7.59. The van der Waals surface area contributed by atoms with Crippen LogP contribution in [-0.2, 0) is 9.53 Å². The number of carbonyl (C=O) groups excluding carboxylic acids is 1. The fourth-order valence-electron chi connectivity index (χ4n) is 2.85. The Balaban J connectivity index is 2.92. The molecule has 0 bridgehead atoms. The lowest BCUT2D eigenvalue weighted by atomic mass is 9.79. The molecule has 1 aliphatic rings. The van der Waals surface area contributed by atoms with Crippen LogP contribution in [0.25, 0.3) is 0 Å². The predicted octanol–water partition coefficient (Wildman–Crippen LogP) is 3.98. The zero-order valence-corrected chi connectivity index (χ0v) is 12.9. The summed E-state index contributed by atoms with van der Waals surface area (Å²) in [5.41, 5.74) is -2.63. The van der Waals surface area contributed by atoms with Gasteiger partial charge in [0.05, 0.1) is 5.41 Å². The summed E-state index contributed by atoms with van der Waals surface area (Å²) < 4.78 is 43.9. The van der Waals surface area contributed by atoms with Gasteiger partial charge in [0.1, 0.15) is 5.60 Å². The molecule has 0 aromatic heterocycles. The first-order valence-corrected chi connectivity index (χ1v) is 7.59. The lowest BCUT2D eigenvalue weighted by Crippen LogP contribution is -2.51. The van der Waals surface area contributed by atoms with Crippen molar-refractivity contribution in [3.8, 4) is 0 Å². The molecule has 3 nitrogen and oxygen atoms in total. The summed E-state index contributed by atoms with van der Waals surface area (Å²) in [5.74, 6) is -0.946. The van der Waals surface area contributed by atoms with Gasteiger partial charge >= 0.3 is 12.1 Å². The SMILES string of the molecule is CCC1(OC(=O)C(C)(CC)C(O)C(F)(F)F)CCCCC1. The third-order valence-corrected chi connectivity index (χ3v) is 4.83. The minimum atomic E-state index is -4.84. The van der Waals surface area contributed by atoms with Crippen molar-refractivity contribution in [1.82, 2.24) is 0 Å². The second-order valence-electron chi connectivity index (χ2n) is 6.20. The number of alkyl halides is 3. The number of aliphatic hydroxyl groups is 1. The summed E-state index contributed by atoms with van der Waals surface area (Å²) >= 11 is 0. The Bertz CT molecular complexity index is 362. The molecule has 0 spiro atoms. The Kier molecular flexibility index (Phi) is 5.69. The van der Waals surface area contributed by atoms with E-state index in [9.17, 15) is 23.1 Å². The summed E-state index contributed by atoms with van der Waals surface area (Å²) in [5, 5.41) is 9.54. The van der Waals surface area contributed by atoms with Crippen LogP contribution in [-0.4, -0.2) is 29.0 Å². The second kappa shape index (κ2) is 6.55. The molecule has 6 heteroatoms. The molecule has 1 N–H and O–H groups in total. The van der Waals surface area contributed by atoms with Gasteiger partial charge in [0, 0.05) is 0 Å². The number of hydrogen-bond acceptors (Lipinski definition) is 3. The van der Waals surface area contributed by atoms with E-state index in [0.717, 1.165) is 26.2 Å². The Labute approximate surface area is 123 Å². The van der Waals surface area contributed by atoms with E-state index >= 15 is 0 Å². The van der Waals surface area contributed by atoms with Crippen LogP contribution in [0.4, 0.5) is 13.2 Å². The van der Waals surface area contributed by atoms with Crippen molar-refractivity contribution in [2.24, 2.45) is 5.41 Å². The highest BCUT2D eigenvalue weighted by atomic mass is 19.4. The Morgan fingerprint density at radius 1 is 1.24 bits per heavy atom. The maximum Gasteiger partial charge on any atom is 0.415 e. The highest BCUT2D eigenvalue weighted by Crippen LogP contribution is 2.41. The molecule has 1 rings (SSSR count). The van der Waals surface area contributed by atoms with Crippen LogP contribution in [0.2, 0.25) is 0 Å². The number of halogens is 3. The average Bonchev–Trinajstić information content (AvgIpc) is 2.45. The van der Waals surface area contributed by atoms with Crippen LogP contribution < -0.4 is 0 Å². The molecule has 124 valence electrons. The average molecular weight is 310 g/mol. The van der Waals surface area contributed by atoms with Gasteiger partial charge in [-0.2, -0.15) is 13.2 Å². The number of rotatable bonds is 5. The third-order valence-electron chi connectivity index (χ3n) is 4.83. The zero-order valence-electron chi connectivity index (χ0n) is 12.9. The molecule has 1 saturated carbocycles. The summed E-state index contributed by atoms with van der Waals surface area (Å²) in [4.78, 5) is 12.3. The van der Waals surface area contributed by atoms with E-state index in [1.54, 1.807) is 0 Å². The lowest BCUT2D eigenvalue weighted by Gasteiger charge is -2.40. The van der Waals surface area contributed by atoms with Crippen LogP contribution in [0.5, 0.6) is 0 Å². The maximum absolute atomic E-state index is 12.8. The molecule has 0 aromatic carbocycles. The molecule has 0 heterocycles. The third kappa shape index (κ3) is 3.90. The van der Waals surface area contributed by atoms with Crippen molar-refractivity contribution >= 4 is 5.97 Å². The molecule has 0 amide bonds. The van der Waals surface area contributed by atoms with Gasteiger partial charge in [-0.15, -0.1) is 0 Å². The predicted molar refractivity (Wildman–Crippen MR) is 72.7 cm³/mol. The Morgan fingerprint density at radius 3 is 2.14 bits per heavy atom. The van der Waals surface area contributed by atoms with Crippen LogP contribution in [0, 0.1) is 5.41 Å². The second-order valence-corrected chi connectivity index (χ2v) is 6.20. The highest BCUT2D eigenvalue weighted by Gasteiger charge is 2.55. The first-order chi connectivity index (χ1) is 9.61. The Morgan fingerprint density at radius 2 is 1.76 bits per heavy atom. The van der Waals surface area contributed by atoms with Gasteiger partial charge in [-0.3, -0.25) is 4.79 Å². The summed E-state index contributed by atoms with van der Waals surface area (Å²) in [6, 6.07) is 0. The normalized spacial score (nSPS) is 23.2. The fourth-order valence-corrected chi connectivity index (χ4v) is 2.85. The van der Waals surface area contributed by atoms with Gasteiger partial charge in [-0.05, 0) is 45.4 Å². The molecule has 0 aliphatic heterocycles. The van der Waals surface area contributed by atoms with Crippen molar-refractivity contribution in [3.05, 3.63) is 0 Å². The van der Waals surface area contributed by atoms with Gasteiger partial charge < -0.3 is 9.84 Å². The number of esters is 1. The number of ether oxygens (including phenoxy) is 1. The fraction of sp³-hybridized carbons (Fsp3) is 0.933. The topological polar surface area (TPSA) is 46.5 Å². The highest BCUT2D eigenvalue weighted by molar-refractivity contribution is 5.77. The van der Waals surface area contributed by atoms with E-state index in [1.165, 1.54) is 6.92 Å². The monoisotopic (exact) mass is 310 g/mol. The standard InChI is InChI=1S/C15H25F3O3/c1-4-13(3,11(19)15(16,17)18)12(20)21-14(5-2)9-7-6-8-10-14/h11,19H,4-10H2,1-3H3. The maximum atomic E-state index is 12.8.